The van der Waals surface area contributed by atoms with Crippen LogP contribution in [-0.4, -0.2) is 35.1 Å². The number of unbranched alkanes of at least 4 members (excludes halogenated alkanes) is 1. The van der Waals surface area contributed by atoms with E-state index >= 15 is 0 Å². The van der Waals surface area contributed by atoms with Crippen LogP contribution in [0, 0.1) is 6.92 Å². The summed E-state index contributed by atoms with van der Waals surface area (Å²) in [4.78, 5) is 8.76. The van der Waals surface area contributed by atoms with Gasteiger partial charge in [-0.25, -0.2) is 4.98 Å². The molecule has 0 radical (unpaired) electrons. The molecular formula is C20H29F3IN5. The number of halogens is 4. The third-order valence-electron chi connectivity index (χ3n) is 4.33. The van der Waals surface area contributed by atoms with Gasteiger partial charge in [-0.1, -0.05) is 12.1 Å². The van der Waals surface area contributed by atoms with Gasteiger partial charge in [-0.3, -0.25) is 4.99 Å². The number of nitrogens with zero attached hydrogens (tertiary/aromatic N) is 3. The van der Waals surface area contributed by atoms with Crippen molar-refractivity contribution in [3.8, 4) is 0 Å². The van der Waals surface area contributed by atoms with Crippen LogP contribution in [0.1, 0.15) is 36.7 Å². The lowest BCUT2D eigenvalue weighted by molar-refractivity contribution is -0.137. The summed E-state index contributed by atoms with van der Waals surface area (Å²) in [5.41, 5.74) is 0.233. The van der Waals surface area contributed by atoms with Crippen LogP contribution >= 0.6 is 24.0 Å². The summed E-state index contributed by atoms with van der Waals surface area (Å²) in [5, 5.41) is 6.42. The van der Waals surface area contributed by atoms with Crippen molar-refractivity contribution in [1.82, 2.24) is 20.2 Å². The first-order chi connectivity index (χ1) is 13.4. The molecule has 2 rings (SSSR count). The Hall–Kier alpha value is -1.78. The molecule has 0 aliphatic rings. The van der Waals surface area contributed by atoms with Gasteiger partial charge in [0.2, 0.25) is 0 Å². The maximum atomic E-state index is 12.6. The first-order valence-corrected chi connectivity index (χ1v) is 9.56. The predicted molar refractivity (Wildman–Crippen MR) is 121 cm³/mol. The van der Waals surface area contributed by atoms with Gasteiger partial charge in [0.25, 0.3) is 0 Å². The molecule has 29 heavy (non-hydrogen) atoms. The second kappa shape index (κ2) is 12.7. The molecular weight excluding hydrogens is 494 g/mol. The molecule has 0 fully saturated rings. The molecule has 0 aliphatic carbocycles. The van der Waals surface area contributed by atoms with Gasteiger partial charge < -0.3 is 15.2 Å². The summed E-state index contributed by atoms with van der Waals surface area (Å²) in [6.07, 6.45) is 2.10. The fourth-order valence-corrected chi connectivity index (χ4v) is 2.75. The first kappa shape index (κ1) is 25.3. The van der Waals surface area contributed by atoms with E-state index in [0.717, 1.165) is 55.4 Å². The summed E-state index contributed by atoms with van der Waals surface area (Å²) in [7, 11) is 0. The highest BCUT2D eigenvalue weighted by molar-refractivity contribution is 14.0. The maximum Gasteiger partial charge on any atom is 0.416 e. The van der Waals surface area contributed by atoms with Gasteiger partial charge in [0, 0.05) is 38.6 Å². The number of guanidine groups is 1. The van der Waals surface area contributed by atoms with Gasteiger partial charge in [-0.2, -0.15) is 13.2 Å². The Morgan fingerprint density at radius 2 is 1.86 bits per heavy atom. The number of imidazole rings is 1. The SMILES string of the molecule is CCNC(=NCCCCn1ccnc1C)NCCc1ccc(C(F)(F)F)cc1.I. The van der Waals surface area contributed by atoms with Crippen LogP contribution in [0.3, 0.4) is 0 Å². The molecule has 0 aliphatic heterocycles. The van der Waals surface area contributed by atoms with Crippen LogP contribution in [0.4, 0.5) is 13.2 Å². The largest absolute Gasteiger partial charge is 0.416 e. The van der Waals surface area contributed by atoms with Crippen molar-refractivity contribution < 1.29 is 13.2 Å². The smallest absolute Gasteiger partial charge is 0.357 e. The lowest BCUT2D eigenvalue weighted by Crippen LogP contribution is -2.38. The van der Waals surface area contributed by atoms with E-state index in [0.29, 0.717) is 19.5 Å². The van der Waals surface area contributed by atoms with Crippen molar-refractivity contribution in [2.75, 3.05) is 19.6 Å². The van der Waals surface area contributed by atoms with E-state index in [4.69, 9.17) is 0 Å². The molecule has 0 amide bonds. The van der Waals surface area contributed by atoms with E-state index in [1.54, 1.807) is 6.20 Å². The number of hydrogen-bond donors (Lipinski definition) is 2. The maximum absolute atomic E-state index is 12.6. The number of aromatic nitrogens is 2. The van der Waals surface area contributed by atoms with Crippen molar-refractivity contribution in [1.29, 1.82) is 0 Å². The number of rotatable bonds is 9. The zero-order valence-corrected chi connectivity index (χ0v) is 19.1. The quantitative estimate of drug-likeness (QED) is 0.222. The van der Waals surface area contributed by atoms with E-state index in [-0.39, 0.29) is 24.0 Å². The summed E-state index contributed by atoms with van der Waals surface area (Å²) in [6.45, 7) is 6.98. The number of benzene rings is 1. The van der Waals surface area contributed by atoms with Crippen LogP contribution in [0.5, 0.6) is 0 Å². The van der Waals surface area contributed by atoms with Crippen LogP contribution in [0.25, 0.3) is 0 Å². The van der Waals surface area contributed by atoms with Crippen LogP contribution in [0.2, 0.25) is 0 Å². The number of nitrogens with one attached hydrogen (secondary N) is 2. The Kier molecular flexibility index (Phi) is 11.1. The third kappa shape index (κ3) is 9.05. The number of alkyl halides is 3. The number of hydrogen-bond acceptors (Lipinski definition) is 2. The minimum Gasteiger partial charge on any atom is -0.357 e. The molecule has 2 N–H and O–H groups in total. The molecule has 9 heteroatoms. The molecule has 1 heterocycles. The van der Waals surface area contributed by atoms with Gasteiger partial charge in [0.1, 0.15) is 5.82 Å². The van der Waals surface area contributed by atoms with Crippen LogP contribution < -0.4 is 10.6 Å². The highest BCUT2D eigenvalue weighted by Gasteiger charge is 2.29. The first-order valence-electron chi connectivity index (χ1n) is 9.56. The Morgan fingerprint density at radius 1 is 1.14 bits per heavy atom. The molecule has 0 spiro atoms. The van der Waals surface area contributed by atoms with Crippen molar-refractivity contribution in [3.63, 3.8) is 0 Å². The Morgan fingerprint density at radius 3 is 2.45 bits per heavy atom. The molecule has 162 valence electrons. The van der Waals surface area contributed by atoms with E-state index in [9.17, 15) is 13.2 Å². The molecule has 1 aromatic heterocycles. The van der Waals surface area contributed by atoms with Crippen molar-refractivity contribution in [3.05, 3.63) is 53.6 Å². The molecule has 0 atom stereocenters. The standard InChI is InChI=1S/C20H28F3N5.HI/c1-3-24-19(26-11-4-5-14-28-15-13-25-16(28)2)27-12-10-17-6-8-18(9-7-17)20(21,22)23;/h6-9,13,15H,3-5,10-12,14H2,1-2H3,(H2,24,26,27);1H. The number of aliphatic imine (C=N–C) groups is 1. The zero-order valence-electron chi connectivity index (χ0n) is 16.8. The monoisotopic (exact) mass is 523 g/mol. The topological polar surface area (TPSA) is 54.2 Å². The summed E-state index contributed by atoms with van der Waals surface area (Å²) in [6, 6.07) is 5.28. The summed E-state index contributed by atoms with van der Waals surface area (Å²) < 4.78 is 39.9. The van der Waals surface area contributed by atoms with Crippen molar-refractivity contribution >= 4 is 29.9 Å². The van der Waals surface area contributed by atoms with Gasteiger partial charge >= 0.3 is 6.18 Å². The van der Waals surface area contributed by atoms with E-state index in [2.05, 4.69) is 25.2 Å². The van der Waals surface area contributed by atoms with Crippen LogP contribution in [-0.2, 0) is 19.1 Å². The second-order valence-corrected chi connectivity index (χ2v) is 6.51. The van der Waals surface area contributed by atoms with Gasteiger partial charge in [0.15, 0.2) is 5.96 Å². The lowest BCUT2D eigenvalue weighted by atomic mass is 10.1. The van der Waals surface area contributed by atoms with Crippen molar-refractivity contribution in [2.45, 2.75) is 45.8 Å². The molecule has 0 bridgehead atoms. The zero-order chi connectivity index (χ0) is 20.4. The Bertz CT molecular complexity index is 741. The molecule has 5 nitrogen and oxygen atoms in total. The molecule has 0 unspecified atom stereocenters. The minimum absolute atomic E-state index is 0. The third-order valence-corrected chi connectivity index (χ3v) is 4.33. The highest BCUT2D eigenvalue weighted by atomic mass is 127. The molecule has 1 aromatic carbocycles. The Balaban J connectivity index is 0.00000420. The average molecular weight is 523 g/mol. The highest BCUT2D eigenvalue weighted by Crippen LogP contribution is 2.29. The minimum atomic E-state index is -4.29. The van der Waals surface area contributed by atoms with Gasteiger partial charge in [-0.05, 0) is 50.8 Å². The van der Waals surface area contributed by atoms with E-state index in [1.165, 1.54) is 12.1 Å². The normalized spacial score (nSPS) is 11.8. The fraction of sp³-hybridized carbons (Fsp3) is 0.500. The summed E-state index contributed by atoms with van der Waals surface area (Å²) >= 11 is 0. The second-order valence-electron chi connectivity index (χ2n) is 6.51. The number of aryl methyl sites for hydroxylation is 2. The van der Waals surface area contributed by atoms with Crippen LogP contribution in [0.15, 0.2) is 41.7 Å². The van der Waals surface area contributed by atoms with E-state index in [1.807, 2.05) is 20.0 Å². The summed E-state index contributed by atoms with van der Waals surface area (Å²) in [5.74, 6) is 1.75. The average Bonchev–Trinajstić information content (AvgIpc) is 3.06. The van der Waals surface area contributed by atoms with Gasteiger partial charge in [-0.15, -0.1) is 24.0 Å². The molecule has 0 saturated carbocycles. The van der Waals surface area contributed by atoms with Gasteiger partial charge in [0.05, 0.1) is 5.56 Å². The van der Waals surface area contributed by atoms with Crippen molar-refractivity contribution in [2.24, 2.45) is 4.99 Å². The lowest BCUT2D eigenvalue weighted by Gasteiger charge is -2.12. The fourth-order valence-electron chi connectivity index (χ4n) is 2.75. The van der Waals surface area contributed by atoms with E-state index < -0.39 is 11.7 Å². The molecule has 0 saturated heterocycles. The Labute approximate surface area is 187 Å². The molecule has 2 aromatic rings. The predicted octanol–water partition coefficient (Wildman–Crippen LogP) is 4.41.